The molecule has 0 bridgehead atoms. The van der Waals surface area contributed by atoms with Gasteiger partial charge >= 0.3 is 0 Å². The van der Waals surface area contributed by atoms with E-state index in [0.717, 1.165) is 21.2 Å². The first kappa shape index (κ1) is 15.1. The molecule has 2 rings (SSSR count). The summed E-state index contributed by atoms with van der Waals surface area (Å²) < 4.78 is 12.6. The van der Waals surface area contributed by atoms with Gasteiger partial charge in [-0.2, -0.15) is 4.98 Å². The van der Waals surface area contributed by atoms with Gasteiger partial charge in [-0.25, -0.2) is 4.98 Å². The Morgan fingerprint density at radius 2 is 1.90 bits per heavy atom. The molecule has 5 nitrogen and oxygen atoms in total. The minimum atomic E-state index is 0.466. The summed E-state index contributed by atoms with van der Waals surface area (Å²) in [4.78, 5) is 8.35. The molecule has 0 aliphatic carbocycles. The Bertz CT molecular complexity index is 608. The zero-order valence-corrected chi connectivity index (χ0v) is 14.2. The SMILES string of the molecule is CCNc1nccc(Oc2cc(Br)c(OC)cc2Br)n1. The molecule has 0 aliphatic rings. The monoisotopic (exact) mass is 401 g/mol. The molecule has 1 heterocycles. The Labute approximate surface area is 134 Å². The molecule has 0 spiro atoms. The third-order valence-electron chi connectivity index (χ3n) is 2.39. The third kappa shape index (κ3) is 3.61. The fourth-order valence-electron chi connectivity index (χ4n) is 1.50. The van der Waals surface area contributed by atoms with Gasteiger partial charge in [-0.1, -0.05) is 0 Å². The summed E-state index contributed by atoms with van der Waals surface area (Å²) in [6.07, 6.45) is 1.65. The van der Waals surface area contributed by atoms with Crippen molar-refractivity contribution in [2.24, 2.45) is 0 Å². The lowest BCUT2D eigenvalue weighted by Crippen LogP contribution is -2.02. The van der Waals surface area contributed by atoms with E-state index >= 15 is 0 Å². The lowest BCUT2D eigenvalue weighted by molar-refractivity contribution is 0.408. The Hall–Kier alpha value is -1.34. The Morgan fingerprint density at radius 1 is 1.20 bits per heavy atom. The van der Waals surface area contributed by atoms with E-state index in [2.05, 4.69) is 47.1 Å². The van der Waals surface area contributed by atoms with E-state index in [0.29, 0.717) is 17.6 Å². The molecule has 0 amide bonds. The first-order chi connectivity index (χ1) is 9.63. The maximum atomic E-state index is 5.75. The second-order valence-corrected chi connectivity index (χ2v) is 5.48. The molecule has 2 aromatic rings. The minimum absolute atomic E-state index is 0.466. The maximum Gasteiger partial charge on any atom is 0.225 e. The molecule has 0 radical (unpaired) electrons. The Balaban J connectivity index is 2.25. The van der Waals surface area contributed by atoms with Crippen LogP contribution in [0.25, 0.3) is 0 Å². The highest BCUT2D eigenvalue weighted by molar-refractivity contribution is 9.11. The standard InChI is InChI=1S/C13H13Br2N3O2/c1-3-16-13-17-5-4-12(18-13)20-11-7-8(14)10(19-2)6-9(11)15/h4-7H,3H2,1-2H3,(H,16,17,18). The van der Waals surface area contributed by atoms with Crippen LogP contribution in [0.4, 0.5) is 5.95 Å². The number of benzene rings is 1. The molecule has 1 aromatic carbocycles. The molecule has 0 unspecified atom stereocenters. The number of nitrogens with one attached hydrogen (secondary N) is 1. The van der Waals surface area contributed by atoms with Crippen LogP contribution >= 0.6 is 31.9 Å². The van der Waals surface area contributed by atoms with Crippen LogP contribution in [0, 0.1) is 0 Å². The topological polar surface area (TPSA) is 56.3 Å². The second kappa shape index (κ2) is 6.90. The highest BCUT2D eigenvalue weighted by atomic mass is 79.9. The van der Waals surface area contributed by atoms with Crippen LogP contribution in [0.3, 0.4) is 0 Å². The number of halogens is 2. The highest BCUT2D eigenvalue weighted by Gasteiger charge is 2.10. The number of anilines is 1. The van der Waals surface area contributed by atoms with Crippen molar-refractivity contribution >= 4 is 37.8 Å². The van der Waals surface area contributed by atoms with Crippen molar-refractivity contribution in [1.82, 2.24) is 9.97 Å². The number of methoxy groups -OCH3 is 1. The smallest absolute Gasteiger partial charge is 0.225 e. The van der Waals surface area contributed by atoms with E-state index in [1.165, 1.54) is 0 Å². The van der Waals surface area contributed by atoms with E-state index < -0.39 is 0 Å². The van der Waals surface area contributed by atoms with Crippen LogP contribution < -0.4 is 14.8 Å². The number of nitrogens with zero attached hydrogens (tertiary/aromatic N) is 2. The zero-order valence-electron chi connectivity index (χ0n) is 11.0. The van der Waals surface area contributed by atoms with Crippen molar-refractivity contribution in [2.75, 3.05) is 19.0 Å². The fourth-order valence-corrected chi connectivity index (χ4v) is 2.39. The number of ether oxygens (including phenoxy) is 2. The molecule has 0 saturated heterocycles. The predicted octanol–water partition coefficient (Wildman–Crippen LogP) is 4.23. The summed E-state index contributed by atoms with van der Waals surface area (Å²) in [7, 11) is 1.61. The molecular weight excluding hydrogens is 390 g/mol. The van der Waals surface area contributed by atoms with Crippen molar-refractivity contribution in [2.45, 2.75) is 6.92 Å². The van der Waals surface area contributed by atoms with Crippen LogP contribution in [0.5, 0.6) is 17.4 Å². The van der Waals surface area contributed by atoms with E-state index in [4.69, 9.17) is 9.47 Å². The molecule has 0 aliphatic heterocycles. The van der Waals surface area contributed by atoms with E-state index in [9.17, 15) is 0 Å². The average Bonchev–Trinajstić information content (AvgIpc) is 2.43. The van der Waals surface area contributed by atoms with Crippen molar-refractivity contribution in [3.05, 3.63) is 33.3 Å². The van der Waals surface area contributed by atoms with Crippen molar-refractivity contribution in [3.8, 4) is 17.4 Å². The zero-order chi connectivity index (χ0) is 14.5. The summed E-state index contributed by atoms with van der Waals surface area (Å²) in [5, 5.41) is 3.03. The number of hydrogen-bond donors (Lipinski definition) is 1. The maximum absolute atomic E-state index is 5.75. The van der Waals surface area contributed by atoms with Gasteiger partial charge in [-0.05, 0) is 50.9 Å². The van der Waals surface area contributed by atoms with Gasteiger partial charge in [0.15, 0.2) is 0 Å². The van der Waals surface area contributed by atoms with Crippen LogP contribution in [-0.2, 0) is 0 Å². The molecule has 106 valence electrons. The third-order valence-corrected chi connectivity index (χ3v) is 3.63. The summed E-state index contributed by atoms with van der Waals surface area (Å²) in [5.74, 6) is 2.36. The molecule has 20 heavy (non-hydrogen) atoms. The molecule has 0 atom stereocenters. The predicted molar refractivity (Wildman–Crippen MR) is 84.7 cm³/mol. The summed E-state index contributed by atoms with van der Waals surface area (Å²) >= 11 is 6.87. The van der Waals surface area contributed by atoms with Crippen LogP contribution in [0.15, 0.2) is 33.3 Å². The van der Waals surface area contributed by atoms with E-state index in [1.54, 1.807) is 19.4 Å². The first-order valence-corrected chi connectivity index (χ1v) is 7.50. The van der Waals surface area contributed by atoms with Gasteiger partial charge in [0, 0.05) is 18.8 Å². The minimum Gasteiger partial charge on any atom is -0.496 e. The molecule has 1 N–H and O–H groups in total. The first-order valence-electron chi connectivity index (χ1n) is 5.91. The van der Waals surface area contributed by atoms with Crippen molar-refractivity contribution in [3.63, 3.8) is 0 Å². The molecule has 1 aromatic heterocycles. The van der Waals surface area contributed by atoms with Crippen molar-refractivity contribution in [1.29, 1.82) is 0 Å². The molecular formula is C13H13Br2N3O2. The van der Waals surface area contributed by atoms with Gasteiger partial charge in [0.1, 0.15) is 11.5 Å². The van der Waals surface area contributed by atoms with Crippen molar-refractivity contribution < 1.29 is 9.47 Å². The quantitative estimate of drug-likeness (QED) is 0.810. The van der Waals surface area contributed by atoms with E-state index in [-0.39, 0.29) is 0 Å². The van der Waals surface area contributed by atoms with Crippen LogP contribution in [-0.4, -0.2) is 23.6 Å². The van der Waals surface area contributed by atoms with Crippen LogP contribution in [0.2, 0.25) is 0 Å². The summed E-state index contributed by atoms with van der Waals surface area (Å²) in [6, 6.07) is 5.34. The van der Waals surface area contributed by atoms with Gasteiger partial charge in [-0.15, -0.1) is 0 Å². The number of hydrogen-bond acceptors (Lipinski definition) is 5. The second-order valence-electron chi connectivity index (χ2n) is 3.77. The van der Waals surface area contributed by atoms with Crippen LogP contribution in [0.1, 0.15) is 6.92 Å². The van der Waals surface area contributed by atoms with Gasteiger partial charge < -0.3 is 14.8 Å². The number of aromatic nitrogens is 2. The van der Waals surface area contributed by atoms with Gasteiger partial charge in [0.2, 0.25) is 11.8 Å². The average molecular weight is 403 g/mol. The highest BCUT2D eigenvalue weighted by Crippen LogP contribution is 2.37. The lowest BCUT2D eigenvalue weighted by atomic mass is 10.3. The Morgan fingerprint density at radius 3 is 2.60 bits per heavy atom. The molecule has 0 saturated carbocycles. The lowest BCUT2D eigenvalue weighted by Gasteiger charge is -2.10. The largest absolute Gasteiger partial charge is 0.496 e. The van der Waals surface area contributed by atoms with Gasteiger partial charge in [-0.3, -0.25) is 0 Å². The summed E-state index contributed by atoms with van der Waals surface area (Å²) in [5.41, 5.74) is 0. The van der Waals surface area contributed by atoms with Gasteiger partial charge in [0.05, 0.1) is 16.1 Å². The Kier molecular flexibility index (Phi) is 5.19. The molecule has 7 heteroatoms. The fraction of sp³-hybridized carbons (Fsp3) is 0.231. The normalized spacial score (nSPS) is 10.2. The molecule has 0 fully saturated rings. The number of rotatable bonds is 5. The van der Waals surface area contributed by atoms with Gasteiger partial charge in [0.25, 0.3) is 0 Å². The van der Waals surface area contributed by atoms with E-state index in [1.807, 2.05) is 19.1 Å². The summed E-state index contributed by atoms with van der Waals surface area (Å²) in [6.45, 7) is 2.73.